The SMILES string of the molecule is CCO[Si](CCCNCc1ccnc(-c2cc(C)ccn2)c1)(OCC)OCC. The van der Waals surface area contributed by atoms with Crippen LogP contribution >= 0.6 is 0 Å². The average molecular weight is 404 g/mol. The summed E-state index contributed by atoms with van der Waals surface area (Å²) in [5.41, 5.74) is 4.18. The van der Waals surface area contributed by atoms with Crippen LogP contribution in [0.3, 0.4) is 0 Å². The number of nitrogens with zero attached hydrogens (tertiary/aromatic N) is 2. The topological polar surface area (TPSA) is 65.5 Å². The number of hydrogen-bond donors (Lipinski definition) is 1. The van der Waals surface area contributed by atoms with Crippen molar-refractivity contribution in [1.29, 1.82) is 0 Å². The van der Waals surface area contributed by atoms with E-state index < -0.39 is 8.80 Å². The van der Waals surface area contributed by atoms with Crippen LogP contribution < -0.4 is 5.32 Å². The average Bonchev–Trinajstić information content (AvgIpc) is 2.69. The molecule has 0 saturated heterocycles. The van der Waals surface area contributed by atoms with E-state index in [-0.39, 0.29) is 0 Å². The molecule has 2 heterocycles. The number of aromatic nitrogens is 2. The van der Waals surface area contributed by atoms with Crippen molar-refractivity contribution in [3.63, 3.8) is 0 Å². The van der Waals surface area contributed by atoms with Gasteiger partial charge < -0.3 is 18.6 Å². The zero-order valence-corrected chi connectivity index (χ0v) is 18.5. The minimum absolute atomic E-state index is 0.617. The summed E-state index contributed by atoms with van der Waals surface area (Å²) in [6.07, 6.45) is 4.61. The highest BCUT2D eigenvalue weighted by atomic mass is 28.4. The van der Waals surface area contributed by atoms with Crippen molar-refractivity contribution in [2.45, 2.75) is 46.7 Å². The van der Waals surface area contributed by atoms with E-state index in [0.717, 1.165) is 36.9 Å². The molecule has 2 rings (SSSR count). The molecule has 0 unspecified atom stereocenters. The predicted molar refractivity (Wildman–Crippen MR) is 114 cm³/mol. The van der Waals surface area contributed by atoms with E-state index in [2.05, 4.69) is 34.3 Å². The Hall–Kier alpha value is -1.64. The highest BCUT2D eigenvalue weighted by Gasteiger charge is 2.39. The third-order valence-electron chi connectivity index (χ3n) is 4.26. The van der Waals surface area contributed by atoms with Crippen LogP contribution in [0.5, 0.6) is 0 Å². The van der Waals surface area contributed by atoms with Crippen molar-refractivity contribution in [1.82, 2.24) is 15.3 Å². The van der Waals surface area contributed by atoms with Crippen molar-refractivity contribution in [3.05, 3.63) is 47.8 Å². The van der Waals surface area contributed by atoms with Gasteiger partial charge >= 0.3 is 8.80 Å². The number of nitrogens with one attached hydrogen (secondary N) is 1. The lowest BCUT2D eigenvalue weighted by Gasteiger charge is -2.28. The van der Waals surface area contributed by atoms with Crippen molar-refractivity contribution in [2.24, 2.45) is 0 Å². The summed E-state index contributed by atoms with van der Waals surface area (Å²) in [6, 6.07) is 8.99. The smallest absolute Gasteiger partial charge is 0.374 e. The van der Waals surface area contributed by atoms with Crippen molar-refractivity contribution >= 4 is 8.80 Å². The molecular formula is C21H33N3O3Si. The van der Waals surface area contributed by atoms with Crippen molar-refractivity contribution in [2.75, 3.05) is 26.4 Å². The molecular weight excluding hydrogens is 370 g/mol. The van der Waals surface area contributed by atoms with Gasteiger partial charge in [0.05, 0.1) is 11.4 Å². The van der Waals surface area contributed by atoms with E-state index in [4.69, 9.17) is 13.3 Å². The van der Waals surface area contributed by atoms with Crippen LogP contribution in [-0.2, 0) is 19.8 Å². The molecule has 0 radical (unpaired) electrons. The Bertz CT molecular complexity index is 698. The normalized spacial score (nSPS) is 11.7. The highest BCUT2D eigenvalue weighted by molar-refractivity contribution is 6.60. The van der Waals surface area contributed by atoms with Gasteiger partial charge in [-0.1, -0.05) is 0 Å². The number of pyridine rings is 2. The molecule has 0 amide bonds. The summed E-state index contributed by atoms with van der Waals surface area (Å²) in [4.78, 5) is 8.87. The van der Waals surface area contributed by atoms with Gasteiger partial charge in [0.25, 0.3) is 0 Å². The van der Waals surface area contributed by atoms with E-state index in [0.29, 0.717) is 19.8 Å². The molecule has 154 valence electrons. The second-order valence-electron chi connectivity index (χ2n) is 6.53. The molecule has 0 spiro atoms. The van der Waals surface area contributed by atoms with E-state index in [9.17, 15) is 0 Å². The molecule has 28 heavy (non-hydrogen) atoms. The fraction of sp³-hybridized carbons (Fsp3) is 0.524. The van der Waals surface area contributed by atoms with Crippen LogP contribution in [0.2, 0.25) is 6.04 Å². The van der Waals surface area contributed by atoms with Crippen LogP contribution in [-0.4, -0.2) is 45.1 Å². The Morgan fingerprint density at radius 3 is 2.11 bits per heavy atom. The van der Waals surface area contributed by atoms with Crippen LogP contribution in [0.1, 0.15) is 38.3 Å². The maximum atomic E-state index is 5.90. The third kappa shape index (κ3) is 7.07. The Morgan fingerprint density at radius 2 is 1.50 bits per heavy atom. The first-order chi connectivity index (χ1) is 13.6. The Balaban J connectivity index is 1.85. The number of aryl methyl sites for hydroxylation is 1. The Labute approximate surface area is 170 Å². The molecule has 6 nitrogen and oxygen atoms in total. The van der Waals surface area contributed by atoms with Gasteiger partial charge in [0, 0.05) is 44.8 Å². The maximum Gasteiger partial charge on any atom is 0.500 e. The van der Waals surface area contributed by atoms with E-state index in [1.807, 2.05) is 45.3 Å². The van der Waals surface area contributed by atoms with Crippen LogP contribution in [0.25, 0.3) is 11.4 Å². The molecule has 0 aliphatic carbocycles. The summed E-state index contributed by atoms with van der Waals surface area (Å²) < 4.78 is 17.7. The molecule has 0 atom stereocenters. The molecule has 0 aromatic carbocycles. The van der Waals surface area contributed by atoms with Gasteiger partial charge in [-0.3, -0.25) is 9.97 Å². The summed E-state index contributed by atoms with van der Waals surface area (Å²) in [5.74, 6) is 0. The minimum Gasteiger partial charge on any atom is -0.374 e. The van der Waals surface area contributed by atoms with Crippen molar-refractivity contribution in [3.8, 4) is 11.4 Å². The number of rotatable bonds is 13. The quantitative estimate of drug-likeness (QED) is 0.403. The van der Waals surface area contributed by atoms with Gasteiger partial charge in [-0.15, -0.1) is 0 Å². The maximum absolute atomic E-state index is 5.90. The van der Waals surface area contributed by atoms with Crippen LogP contribution in [0, 0.1) is 6.92 Å². The first-order valence-electron chi connectivity index (χ1n) is 10.1. The largest absolute Gasteiger partial charge is 0.500 e. The zero-order chi connectivity index (χ0) is 20.2. The molecule has 0 saturated carbocycles. The third-order valence-corrected chi connectivity index (χ3v) is 7.41. The Kier molecular flexibility index (Phi) is 9.73. The van der Waals surface area contributed by atoms with Gasteiger partial charge in [-0.2, -0.15) is 0 Å². The molecule has 0 aliphatic heterocycles. The molecule has 2 aromatic heterocycles. The highest BCUT2D eigenvalue weighted by Crippen LogP contribution is 2.18. The minimum atomic E-state index is -2.54. The van der Waals surface area contributed by atoms with E-state index >= 15 is 0 Å². The summed E-state index contributed by atoms with van der Waals surface area (Å²) in [5, 5.41) is 3.50. The molecule has 1 N–H and O–H groups in total. The van der Waals surface area contributed by atoms with Crippen LogP contribution in [0.4, 0.5) is 0 Å². The van der Waals surface area contributed by atoms with Crippen LogP contribution in [0.15, 0.2) is 36.7 Å². The fourth-order valence-electron chi connectivity index (χ4n) is 3.06. The molecule has 7 heteroatoms. The second kappa shape index (κ2) is 12.0. The van der Waals surface area contributed by atoms with Gasteiger partial charge in [0.2, 0.25) is 0 Å². The van der Waals surface area contributed by atoms with Gasteiger partial charge in [0.1, 0.15) is 0 Å². The van der Waals surface area contributed by atoms with E-state index in [1.54, 1.807) is 0 Å². The number of hydrogen-bond acceptors (Lipinski definition) is 6. The molecule has 2 aromatic rings. The van der Waals surface area contributed by atoms with E-state index in [1.165, 1.54) is 11.1 Å². The van der Waals surface area contributed by atoms with Gasteiger partial charge in [0.15, 0.2) is 0 Å². The lowest BCUT2D eigenvalue weighted by Crippen LogP contribution is -2.46. The first kappa shape index (κ1) is 22.6. The fourth-order valence-corrected chi connectivity index (χ4v) is 5.68. The molecule has 0 fully saturated rings. The van der Waals surface area contributed by atoms with Gasteiger partial charge in [-0.05, 0) is 76.1 Å². The predicted octanol–water partition coefficient (Wildman–Crippen LogP) is 3.98. The molecule has 0 bridgehead atoms. The second-order valence-corrected chi connectivity index (χ2v) is 9.26. The lowest BCUT2D eigenvalue weighted by molar-refractivity contribution is 0.0708. The zero-order valence-electron chi connectivity index (χ0n) is 17.5. The monoisotopic (exact) mass is 403 g/mol. The lowest BCUT2D eigenvalue weighted by atomic mass is 10.1. The van der Waals surface area contributed by atoms with Gasteiger partial charge in [-0.25, -0.2) is 0 Å². The standard InChI is InChI=1S/C21H33N3O3Si/c1-5-25-28(26-6-2,27-7-3)14-8-11-22-17-19-10-13-24-21(16-19)20-15-18(4)9-12-23-20/h9-10,12-13,15-16,22H,5-8,11,14,17H2,1-4H3. The summed E-state index contributed by atoms with van der Waals surface area (Å²) in [6.45, 7) is 11.5. The Morgan fingerprint density at radius 1 is 0.893 bits per heavy atom. The molecule has 0 aliphatic rings. The van der Waals surface area contributed by atoms with Crippen molar-refractivity contribution < 1.29 is 13.3 Å². The first-order valence-corrected chi connectivity index (χ1v) is 12.1. The summed E-state index contributed by atoms with van der Waals surface area (Å²) in [7, 11) is -2.54. The summed E-state index contributed by atoms with van der Waals surface area (Å²) >= 11 is 0.